The summed E-state index contributed by atoms with van der Waals surface area (Å²) < 4.78 is 0. The molecule has 2 heteroatoms. The Morgan fingerprint density at radius 3 is 2.47 bits per heavy atom. The van der Waals surface area contributed by atoms with E-state index in [1.54, 1.807) is 0 Å². The van der Waals surface area contributed by atoms with E-state index in [0.29, 0.717) is 12.1 Å². The fourth-order valence-electron chi connectivity index (χ4n) is 3.31. The smallest absolute Gasteiger partial charge is 0.0294 e. The van der Waals surface area contributed by atoms with Crippen molar-refractivity contribution in [1.82, 2.24) is 10.2 Å². The van der Waals surface area contributed by atoms with E-state index in [9.17, 15) is 0 Å². The summed E-state index contributed by atoms with van der Waals surface area (Å²) in [7, 11) is 0. The first-order valence-corrected chi connectivity index (χ1v) is 6.86. The first kappa shape index (κ1) is 11.2. The zero-order chi connectivity index (χ0) is 11.7. The van der Waals surface area contributed by atoms with Gasteiger partial charge in [-0.1, -0.05) is 30.3 Å². The van der Waals surface area contributed by atoms with Crippen LogP contribution in [-0.2, 0) is 0 Å². The van der Waals surface area contributed by atoms with Gasteiger partial charge in [-0.15, -0.1) is 0 Å². The van der Waals surface area contributed by atoms with Gasteiger partial charge in [0.15, 0.2) is 0 Å². The Balaban J connectivity index is 1.64. The molecule has 2 atom stereocenters. The predicted molar refractivity (Wildman–Crippen MR) is 70.9 cm³/mol. The summed E-state index contributed by atoms with van der Waals surface area (Å²) in [5.41, 5.74) is 1.41. The Morgan fingerprint density at radius 1 is 1.18 bits per heavy atom. The molecule has 3 fully saturated rings. The third-order valence-corrected chi connectivity index (χ3v) is 4.42. The Morgan fingerprint density at radius 2 is 1.88 bits per heavy atom. The quantitative estimate of drug-likeness (QED) is 0.858. The van der Waals surface area contributed by atoms with Crippen LogP contribution in [0.3, 0.4) is 0 Å². The normalized spacial score (nSPS) is 33.6. The largest absolute Gasteiger partial charge is 0.306 e. The van der Waals surface area contributed by atoms with Gasteiger partial charge in [-0.25, -0.2) is 0 Å². The van der Waals surface area contributed by atoms with Crippen molar-refractivity contribution in [3.63, 3.8) is 0 Å². The van der Waals surface area contributed by atoms with Crippen molar-refractivity contribution in [2.24, 2.45) is 5.92 Å². The van der Waals surface area contributed by atoms with Gasteiger partial charge in [0.1, 0.15) is 0 Å². The van der Waals surface area contributed by atoms with E-state index in [4.69, 9.17) is 0 Å². The number of benzene rings is 1. The van der Waals surface area contributed by atoms with E-state index < -0.39 is 0 Å². The highest BCUT2D eigenvalue weighted by Crippen LogP contribution is 2.29. The summed E-state index contributed by atoms with van der Waals surface area (Å²) in [6, 6.07) is 12.0. The highest BCUT2D eigenvalue weighted by Gasteiger charge is 2.34. The maximum absolute atomic E-state index is 3.82. The Bertz CT molecular complexity index is 354. The molecule has 0 amide bonds. The lowest BCUT2D eigenvalue weighted by atomic mass is 9.83. The summed E-state index contributed by atoms with van der Waals surface area (Å²) in [6.45, 7) is 6.18. The molecule has 0 aliphatic carbocycles. The summed E-state index contributed by atoms with van der Waals surface area (Å²) in [5, 5.41) is 3.82. The molecule has 3 heterocycles. The molecule has 3 aliphatic heterocycles. The van der Waals surface area contributed by atoms with Crippen molar-refractivity contribution in [2.75, 3.05) is 19.6 Å². The number of rotatable bonds is 3. The van der Waals surface area contributed by atoms with Gasteiger partial charge in [-0.3, -0.25) is 0 Å². The molecular weight excluding hydrogens is 208 g/mol. The third kappa shape index (κ3) is 2.38. The van der Waals surface area contributed by atoms with Crippen molar-refractivity contribution in [1.29, 1.82) is 0 Å². The lowest BCUT2D eigenvalue weighted by Crippen LogP contribution is -2.56. The summed E-state index contributed by atoms with van der Waals surface area (Å²) >= 11 is 0. The van der Waals surface area contributed by atoms with Crippen LogP contribution in [0.1, 0.15) is 31.4 Å². The van der Waals surface area contributed by atoms with Crippen LogP contribution in [0, 0.1) is 5.92 Å². The van der Waals surface area contributed by atoms with Crippen molar-refractivity contribution >= 4 is 0 Å². The standard InChI is InChI=1S/C15H22N2/c1-12(13-5-3-2-4-6-13)16-15-11-17-9-7-14(15)8-10-17/h2-6,12,14-16H,7-11H2,1H3/t12-,15+/m1/s1. The minimum absolute atomic E-state index is 0.474. The molecule has 1 N–H and O–H groups in total. The van der Waals surface area contributed by atoms with E-state index in [0.717, 1.165) is 5.92 Å². The number of nitrogens with one attached hydrogen (secondary N) is 1. The number of hydrogen-bond donors (Lipinski definition) is 1. The van der Waals surface area contributed by atoms with Crippen LogP contribution in [0.2, 0.25) is 0 Å². The molecule has 17 heavy (non-hydrogen) atoms. The van der Waals surface area contributed by atoms with E-state index in [-0.39, 0.29) is 0 Å². The second-order valence-electron chi connectivity index (χ2n) is 5.54. The molecule has 4 rings (SSSR count). The fourth-order valence-corrected chi connectivity index (χ4v) is 3.31. The zero-order valence-electron chi connectivity index (χ0n) is 10.6. The topological polar surface area (TPSA) is 15.3 Å². The van der Waals surface area contributed by atoms with E-state index in [2.05, 4.69) is 47.5 Å². The van der Waals surface area contributed by atoms with Crippen molar-refractivity contribution in [2.45, 2.75) is 31.8 Å². The number of piperidine rings is 3. The van der Waals surface area contributed by atoms with Gasteiger partial charge in [0.05, 0.1) is 0 Å². The van der Waals surface area contributed by atoms with Gasteiger partial charge in [0, 0.05) is 18.6 Å². The second kappa shape index (κ2) is 4.79. The van der Waals surface area contributed by atoms with Crippen LogP contribution in [0.4, 0.5) is 0 Å². The van der Waals surface area contributed by atoms with Crippen LogP contribution in [0.5, 0.6) is 0 Å². The molecule has 92 valence electrons. The Labute approximate surface area is 104 Å². The van der Waals surface area contributed by atoms with Crippen LogP contribution in [-0.4, -0.2) is 30.6 Å². The lowest BCUT2D eigenvalue weighted by molar-refractivity contribution is 0.0680. The molecular formula is C15H22N2. The average molecular weight is 230 g/mol. The van der Waals surface area contributed by atoms with Crippen LogP contribution < -0.4 is 5.32 Å². The molecule has 0 aromatic heterocycles. The first-order valence-electron chi connectivity index (χ1n) is 6.86. The molecule has 1 aromatic rings. The predicted octanol–water partition coefficient (Wildman–Crippen LogP) is 2.43. The number of hydrogen-bond acceptors (Lipinski definition) is 2. The third-order valence-electron chi connectivity index (χ3n) is 4.42. The van der Waals surface area contributed by atoms with Crippen molar-refractivity contribution in [3.8, 4) is 0 Å². The van der Waals surface area contributed by atoms with Gasteiger partial charge in [0.25, 0.3) is 0 Å². The molecule has 2 bridgehead atoms. The highest BCUT2D eigenvalue weighted by molar-refractivity contribution is 5.18. The molecule has 0 unspecified atom stereocenters. The van der Waals surface area contributed by atoms with E-state index in [1.165, 1.54) is 38.0 Å². The molecule has 0 saturated carbocycles. The SMILES string of the molecule is C[C@@H](N[C@H]1CN2CCC1CC2)c1ccccc1. The molecule has 2 nitrogen and oxygen atoms in total. The number of fused-ring (bicyclic) bond motifs is 3. The highest BCUT2D eigenvalue weighted by atomic mass is 15.2. The van der Waals surface area contributed by atoms with Crippen LogP contribution in [0.25, 0.3) is 0 Å². The lowest BCUT2D eigenvalue weighted by Gasteiger charge is -2.46. The van der Waals surface area contributed by atoms with Gasteiger partial charge in [0.2, 0.25) is 0 Å². The number of nitrogens with zero attached hydrogens (tertiary/aromatic N) is 1. The van der Waals surface area contributed by atoms with E-state index in [1.807, 2.05) is 0 Å². The minimum Gasteiger partial charge on any atom is -0.306 e. The maximum atomic E-state index is 3.82. The summed E-state index contributed by atoms with van der Waals surface area (Å²) in [5.74, 6) is 0.908. The fraction of sp³-hybridized carbons (Fsp3) is 0.600. The zero-order valence-corrected chi connectivity index (χ0v) is 10.6. The first-order chi connectivity index (χ1) is 8.33. The van der Waals surface area contributed by atoms with E-state index >= 15 is 0 Å². The van der Waals surface area contributed by atoms with Crippen molar-refractivity contribution in [3.05, 3.63) is 35.9 Å². The van der Waals surface area contributed by atoms with Gasteiger partial charge in [-0.2, -0.15) is 0 Å². The summed E-state index contributed by atoms with van der Waals surface area (Å²) in [4.78, 5) is 2.61. The van der Waals surface area contributed by atoms with Gasteiger partial charge >= 0.3 is 0 Å². The Hall–Kier alpha value is -0.860. The average Bonchev–Trinajstić information content (AvgIpc) is 2.41. The monoisotopic (exact) mass is 230 g/mol. The van der Waals surface area contributed by atoms with Crippen molar-refractivity contribution < 1.29 is 0 Å². The Kier molecular flexibility index (Phi) is 3.17. The molecule has 1 aromatic carbocycles. The second-order valence-corrected chi connectivity index (χ2v) is 5.54. The van der Waals surface area contributed by atoms with Gasteiger partial charge in [-0.05, 0) is 44.3 Å². The van der Waals surface area contributed by atoms with Crippen LogP contribution >= 0.6 is 0 Å². The molecule has 0 radical (unpaired) electrons. The molecule has 3 aliphatic rings. The minimum atomic E-state index is 0.474. The van der Waals surface area contributed by atoms with Gasteiger partial charge < -0.3 is 10.2 Å². The molecule has 3 saturated heterocycles. The molecule has 0 spiro atoms. The maximum Gasteiger partial charge on any atom is 0.0294 e. The summed E-state index contributed by atoms with van der Waals surface area (Å²) in [6.07, 6.45) is 2.78. The van der Waals surface area contributed by atoms with Crippen LogP contribution in [0.15, 0.2) is 30.3 Å².